The zero-order valence-electron chi connectivity index (χ0n) is 13.0. The topological polar surface area (TPSA) is 102 Å². The number of urea groups is 1. The predicted molar refractivity (Wildman–Crippen MR) is 80.6 cm³/mol. The third kappa shape index (κ3) is 4.99. The molecule has 0 aliphatic heterocycles. The van der Waals surface area contributed by atoms with Gasteiger partial charge >= 0.3 is 6.03 Å². The second kappa shape index (κ2) is 7.59. The van der Waals surface area contributed by atoms with Gasteiger partial charge in [0.2, 0.25) is 5.91 Å². The van der Waals surface area contributed by atoms with Crippen LogP contribution in [0.3, 0.4) is 0 Å². The summed E-state index contributed by atoms with van der Waals surface area (Å²) in [6.45, 7) is 2.06. The molecule has 22 heavy (non-hydrogen) atoms. The highest BCUT2D eigenvalue weighted by atomic mass is 32.2. The summed E-state index contributed by atoms with van der Waals surface area (Å²) in [6.07, 6.45) is 2.84. The number of aromatic nitrogens is 2. The smallest absolute Gasteiger partial charge is 0.321 e. The number of carbonyl (C=O) groups excluding carboxylic acids is 2. The van der Waals surface area contributed by atoms with E-state index < -0.39 is 6.03 Å². The van der Waals surface area contributed by atoms with E-state index in [4.69, 9.17) is 4.42 Å². The molecule has 1 saturated carbocycles. The lowest BCUT2D eigenvalue weighted by atomic mass is 10.2. The zero-order chi connectivity index (χ0) is 16.1. The van der Waals surface area contributed by atoms with Crippen LogP contribution in [0.1, 0.15) is 38.1 Å². The number of imide groups is 1. The molecule has 3 amide bonds. The fourth-order valence-corrected chi connectivity index (χ4v) is 2.56. The summed E-state index contributed by atoms with van der Waals surface area (Å²) in [5.41, 5.74) is 0. The van der Waals surface area contributed by atoms with E-state index in [1.54, 1.807) is 0 Å². The van der Waals surface area contributed by atoms with E-state index in [0.29, 0.717) is 11.1 Å². The molecule has 1 aliphatic carbocycles. The number of hydrogen-bond acceptors (Lipinski definition) is 6. The molecule has 3 N–H and O–H groups in total. The molecule has 1 atom stereocenters. The molecule has 8 nitrogen and oxygen atoms in total. The molecule has 1 fully saturated rings. The van der Waals surface area contributed by atoms with Crippen molar-refractivity contribution in [3.63, 3.8) is 0 Å². The van der Waals surface area contributed by atoms with Crippen LogP contribution in [0.4, 0.5) is 4.79 Å². The Balaban J connectivity index is 1.77. The summed E-state index contributed by atoms with van der Waals surface area (Å²) in [5, 5.41) is 13.3. The van der Waals surface area contributed by atoms with Gasteiger partial charge in [-0.2, -0.15) is 0 Å². The quantitative estimate of drug-likeness (QED) is 0.597. The minimum atomic E-state index is -0.443. The van der Waals surface area contributed by atoms with E-state index in [0.717, 1.165) is 31.0 Å². The van der Waals surface area contributed by atoms with Gasteiger partial charge in [0.1, 0.15) is 0 Å². The fraction of sp³-hybridized carbons (Fsp3) is 0.692. The van der Waals surface area contributed by atoms with Crippen LogP contribution in [0.25, 0.3) is 0 Å². The van der Waals surface area contributed by atoms with Crippen molar-refractivity contribution >= 4 is 23.7 Å². The molecule has 0 radical (unpaired) electrons. The van der Waals surface area contributed by atoms with Gasteiger partial charge in [0, 0.05) is 12.5 Å². The highest BCUT2D eigenvalue weighted by Gasteiger charge is 2.25. The first-order chi connectivity index (χ1) is 10.5. The lowest BCUT2D eigenvalue weighted by Crippen LogP contribution is -3.06. The lowest BCUT2D eigenvalue weighted by Gasteiger charge is -2.15. The highest BCUT2D eigenvalue weighted by Crippen LogP contribution is 2.20. The monoisotopic (exact) mass is 328 g/mol. The maximum absolute atomic E-state index is 11.6. The SMILES string of the molecule is CC[C@@H](c1nnc(SCC(=O)NC(=O)NC2CC2)o1)[NH+](C)C. The van der Waals surface area contributed by atoms with E-state index in [-0.39, 0.29) is 23.7 Å². The average Bonchev–Trinajstić information content (AvgIpc) is 3.13. The number of quaternary nitrogens is 1. The maximum Gasteiger partial charge on any atom is 0.321 e. The lowest BCUT2D eigenvalue weighted by molar-refractivity contribution is -0.894. The zero-order valence-corrected chi connectivity index (χ0v) is 13.8. The Labute approximate surface area is 133 Å². The van der Waals surface area contributed by atoms with Crippen LogP contribution in [0.15, 0.2) is 9.64 Å². The molecule has 1 heterocycles. The normalized spacial score (nSPS) is 15.6. The minimum Gasteiger partial charge on any atom is -0.410 e. The van der Waals surface area contributed by atoms with Crippen LogP contribution in [0.2, 0.25) is 0 Å². The Morgan fingerprint density at radius 1 is 1.41 bits per heavy atom. The fourth-order valence-electron chi connectivity index (χ4n) is 1.99. The van der Waals surface area contributed by atoms with Gasteiger partial charge in [-0.25, -0.2) is 4.79 Å². The summed E-state index contributed by atoms with van der Waals surface area (Å²) < 4.78 is 5.57. The summed E-state index contributed by atoms with van der Waals surface area (Å²) in [7, 11) is 4.05. The summed E-state index contributed by atoms with van der Waals surface area (Å²) in [6, 6.07) is -0.0833. The molecule has 1 aromatic rings. The van der Waals surface area contributed by atoms with E-state index in [1.807, 2.05) is 14.1 Å². The van der Waals surface area contributed by atoms with Crippen molar-refractivity contribution in [3.05, 3.63) is 5.89 Å². The van der Waals surface area contributed by atoms with Crippen molar-refractivity contribution in [3.8, 4) is 0 Å². The van der Waals surface area contributed by atoms with Crippen molar-refractivity contribution in [2.75, 3.05) is 19.8 Å². The van der Waals surface area contributed by atoms with Crippen LogP contribution in [0.5, 0.6) is 0 Å². The van der Waals surface area contributed by atoms with Crippen molar-refractivity contribution in [1.82, 2.24) is 20.8 Å². The third-order valence-electron chi connectivity index (χ3n) is 3.32. The molecule has 0 saturated heterocycles. The van der Waals surface area contributed by atoms with Gasteiger partial charge in [0.15, 0.2) is 6.04 Å². The van der Waals surface area contributed by atoms with Gasteiger partial charge in [0.05, 0.1) is 19.8 Å². The Kier molecular flexibility index (Phi) is 5.78. The number of nitrogens with one attached hydrogen (secondary N) is 3. The largest absolute Gasteiger partial charge is 0.410 e. The average molecular weight is 328 g/mol. The van der Waals surface area contributed by atoms with Gasteiger partial charge in [-0.15, -0.1) is 10.2 Å². The Hall–Kier alpha value is -1.61. The molecule has 1 aromatic heterocycles. The predicted octanol–water partition coefficient (Wildman–Crippen LogP) is -0.254. The van der Waals surface area contributed by atoms with Gasteiger partial charge in [-0.05, 0) is 12.8 Å². The minimum absolute atomic E-state index is 0.0608. The van der Waals surface area contributed by atoms with Gasteiger partial charge < -0.3 is 14.6 Å². The van der Waals surface area contributed by atoms with Crippen molar-refractivity contribution < 1.29 is 18.9 Å². The van der Waals surface area contributed by atoms with E-state index >= 15 is 0 Å². The van der Waals surface area contributed by atoms with E-state index in [9.17, 15) is 9.59 Å². The molecular formula is C13H22N5O3S+. The molecule has 0 bridgehead atoms. The first kappa shape index (κ1) is 16.8. The number of thioether (sulfide) groups is 1. The summed E-state index contributed by atoms with van der Waals surface area (Å²) in [5.74, 6) is 0.246. The van der Waals surface area contributed by atoms with Crippen LogP contribution >= 0.6 is 11.8 Å². The van der Waals surface area contributed by atoms with Crippen molar-refractivity contribution in [2.45, 2.75) is 43.5 Å². The van der Waals surface area contributed by atoms with Crippen LogP contribution in [0, 0.1) is 0 Å². The standard InChI is InChI=1S/C13H21N5O3S/c1-4-9(18(2)3)11-16-17-13(21-11)22-7-10(19)15-12(20)14-8-5-6-8/h8-9H,4-7H2,1-3H3,(H2,14,15,19,20)/p+1/t9-/m0/s1. The Bertz CT molecular complexity index is 530. The molecule has 2 rings (SSSR count). The summed E-state index contributed by atoms with van der Waals surface area (Å²) >= 11 is 1.12. The van der Waals surface area contributed by atoms with E-state index in [2.05, 4.69) is 27.8 Å². The van der Waals surface area contributed by atoms with Crippen molar-refractivity contribution in [1.29, 1.82) is 0 Å². The molecule has 0 unspecified atom stereocenters. The van der Waals surface area contributed by atoms with Crippen LogP contribution < -0.4 is 15.5 Å². The number of nitrogens with zero attached hydrogens (tertiary/aromatic N) is 2. The maximum atomic E-state index is 11.6. The molecular weight excluding hydrogens is 306 g/mol. The molecule has 1 aliphatic rings. The molecule has 0 aromatic carbocycles. The van der Waals surface area contributed by atoms with E-state index in [1.165, 1.54) is 4.90 Å². The first-order valence-electron chi connectivity index (χ1n) is 7.36. The highest BCUT2D eigenvalue weighted by molar-refractivity contribution is 7.99. The second-order valence-corrected chi connectivity index (χ2v) is 6.46. The first-order valence-corrected chi connectivity index (χ1v) is 8.34. The third-order valence-corrected chi connectivity index (χ3v) is 4.14. The second-order valence-electron chi connectivity index (χ2n) is 5.53. The van der Waals surface area contributed by atoms with Gasteiger partial charge in [-0.1, -0.05) is 18.7 Å². The molecule has 9 heteroatoms. The molecule has 122 valence electrons. The Morgan fingerprint density at radius 2 is 2.14 bits per heavy atom. The van der Waals surface area contributed by atoms with Crippen LogP contribution in [-0.2, 0) is 4.79 Å². The van der Waals surface area contributed by atoms with Crippen molar-refractivity contribution in [2.24, 2.45) is 0 Å². The number of hydrogen-bond donors (Lipinski definition) is 3. The summed E-state index contributed by atoms with van der Waals surface area (Å²) in [4.78, 5) is 24.3. The Morgan fingerprint density at radius 3 is 2.73 bits per heavy atom. The molecule has 0 spiro atoms. The number of amides is 3. The van der Waals surface area contributed by atoms with Gasteiger partial charge in [-0.3, -0.25) is 10.1 Å². The van der Waals surface area contributed by atoms with Crippen LogP contribution in [-0.4, -0.2) is 48.0 Å². The van der Waals surface area contributed by atoms with Gasteiger partial charge in [0.25, 0.3) is 11.1 Å². The number of carbonyl (C=O) groups is 2. The number of rotatable bonds is 7.